The Morgan fingerprint density at radius 1 is 1.10 bits per heavy atom. The van der Waals surface area contributed by atoms with Gasteiger partial charge in [-0.2, -0.15) is 0 Å². The second-order valence-electron chi connectivity index (χ2n) is 6.97. The normalized spacial score (nSPS) is 11.9. The highest BCUT2D eigenvalue weighted by molar-refractivity contribution is 7.99. The lowest BCUT2D eigenvalue weighted by atomic mass is 10.1. The first-order valence-corrected chi connectivity index (χ1v) is 11.7. The minimum absolute atomic E-state index is 0.0447. The molecule has 158 valence electrons. The molecular formula is C23H21FN4OS2. The van der Waals surface area contributed by atoms with Crippen molar-refractivity contribution < 1.29 is 9.18 Å². The van der Waals surface area contributed by atoms with Gasteiger partial charge in [0.1, 0.15) is 11.6 Å². The van der Waals surface area contributed by atoms with Gasteiger partial charge < -0.3 is 5.32 Å². The lowest BCUT2D eigenvalue weighted by Crippen LogP contribution is -2.27. The van der Waals surface area contributed by atoms with Crippen LogP contribution in [0.2, 0.25) is 0 Å². The first-order valence-electron chi connectivity index (χ1n) is 9.80. The molecule has 0 aliphatic heterocycles. The Hall–Kier alpha value is -2.97. The van der Waals surface area contributed by atoms with Gasteiger partial charge in [-0.05, 0) is 48.2 Å². The second kappa shape index (κ2) is 9.89. The first-order chi connectivity index (χ1) is 15.1. The summed E-state index contributed by atoms with van der Waals surface area (Å²) in [7, 11) is 0. The van der Waals surface area contributed by atoms with E-state index in [1.165, 1.54) is 23.9 Å². The fourth-order valence-corrected chi connectivity index (χ4v) is 4.67. The molecule has 0 aliphatic rings. The van der Waals surface area contributed by atoms with Crippen LogP contribution in [0.1, 0.15) is 29.2 Å². The summed E-state index contributed by atoms with van der Waals surface area (Å²) in [5.41, 5.74) is 1.85. The molecule has 0 unspecified atom stereocenters. The molecule has 0 fully saturated rings. The van der Waals surface area contributed by atoms with Gasteiger partial charge >= 0.3 is 0 Å². The average Bonchev–Trinajstić information content (AvgIpc) is 3.44. The van der Waals surface area contributed by atoms with Gasteiger partial charge in [-0.15, -0.1) is 21.5 Å². The van der Waals surface area contributed by atoms with Crippen LogP contribution in [0.5, 0.6) is 0 Å². The lowest BCUT2D eigenvalue weighted by molar-refractivity contribution is -0.119. The number of benzene rings is 2. The maximum atomic E-state index is 13.5. The Morgan fingerprint density at radius 3 is 2.58 bits per heavy atom. The molecule has 2 aromatic heterocycles. The third kappa shape index (κ3) is 5.39. The number of aromatic nitrogens is 3. The van der Waals surface area contributed by atoms with Crippen molar-refractivity contribution in [2.75, 3.05) is 5.75 Å². The SMILES string of the molecule is C[C@H](NC(=O)CSc1nnc(Cc2ccccc2)n1-c1ccc(F)cc1)c1cccs1. The molecule has 5 nitrogen and oxygen atoms in total. The zero-order chi connectivity index (χ0) is 21.6. The van der Waals surface area contributed by atoms with Crippen molar-refractivity contribution in [2.24, 2.45) is 0 Å². The Balaban J connectivity index is 1.52. The average molecular weight is 453 g/mol. The largest absolute Gasteiger partial charge is 0.348 e. The van der Waals surface area contributed by atoms with E-state index in [2.05, 4.69) is 15.5 Å². The summed E-state index contributed by atoms with van der Waals surface area (Å²) in [5, 5.41) is 14.3. The molecule has 0 aliphatic carbocycles. The molecule has 0 bridgehead atoms. The highest BCUT2D eigenvalue weighted by atomic mass is 32.2. The van der Waals surface area contributed by atoms with Gasteiger partial charge in [0, 0.05) is 17.0 Å². The predicted molar refractivity (Wildman–Crippen MR) is 122 cm³/mol. The van der Waals surface area contributed by atoms with Crippen LogP contribution in [-0.4, -0.2) is 26.4 Å². The van der Waals surface area contributed by atoms with Crippen LogP contribution in [0.4, 0.5) is 4.39 Å². The molecule has 4 aromatic rings. The number of nitrogens with zero attached hydrogens (tertiary/aromatic N) is 3. The van der Waals surface area contributed by atoms with Gasteiger partial charge in [0.2, 0.25) is 5.91 Å². The molecule has 1 atom stereocenters. The fourth-order valence-electron chi connectivity index (χ4n) is 3.16. The van der Waals surface area contributed by atoms with Crippen molar-refractivity contribution in [1.82, 2.24) is 20.1 Å². The Morgan fingerprint density at radius 2 is 1.87 bits per heavy atom. The molecule has 31 heavy (non-hydrogen) atoms. The van der Waals surface area contributed by atoms with Crippen molar-refractivity contribution in [3.05, 3.63) is 94.2 Å². The van der Waals surface area contributed by atoms with Gasteiger partial charge in [-0.3, -0.25) is 9.36 Å². The number of carbonyl (C=O) groups is 1. The maximum Gasteiger partial charge on any atom is 0.230 e. The van der Waals surface area contributed by atoms with Crippen LogP contribution in [-0.2, 0) is 11.2 Å². The summed E-state index contributed by atoms with van der Waals surface area (Å²) in [6.45, 7) is 1.97. The summed E-state index contributed by atoms with van der Waals surface area (Å²) >= 11 is 2.93. The van der Waals surface area contributed by atoms with Gasteiger partial charge in [-0.1, -0.05) is 48.2 Å². The van der Waals surface area contributed by atoms with E-state index in [-0.39, 0.29) is 23.5 Å². The van der Waals surface area contributed by atoms with E-state index in [4.69, 9.17) is 0 Å². The second-order valence-corrected chi connectivity index (χ2v) is 8.89. The standard InChI is InChI=1S/C23H21FN4OS2/c1-16(20-8-5-13-30-20)25-22(29)15-31-23-27-26-21(14-17-6-3-2-4-7-17)28(23)19-11-9-18(24)10-12-19/h2-13,16H,14-15H2,1H3,(H,25,29)/t16-/m0/s1. The summed E-state index contributed by atoms with van der Waals surface area (Å²) in [6, 6.07) is 20.1. The zero-order valence-corrected chi connectivity index (χ0v) is 18.5. The number of hydrogen-bond acceptors (Lipinski definition) is 5. The Labute approximate surface area is 188 Å². The molecule has 0 radical (unpaired) electrons. The van der Waals surface area contributed by atoms with Crippen molar-refractivity contribution in [1.29, 1.82) is 0 Å². The van der Waals surface area contributed by atoms with Gasteiger partial charge in [-0.25, -0.2) is 4.39 Å². The molecule has 0 saturated carbocycles. The number of nitrogens with one attached hydrogen (secondary N) is 1. The van der Waals surface area contributed by atoms with Crippen LogP contribution in [0.25, 0.3) is 5.69 Å². The summed E-state index contributed by atoms with van der Waals surface area (Å²) in [6.07, 6.45) is 0.577. The smallest absolute Gasteiger partial charge is 0.230 e. The van der Waals surface area contributed by atoms with Crippen molar-refractivity contribution in [2.45, 2.75) is 24.5 Å². The zero-order valence-electron chi connectivity index (χ0n) is 16.9. The van der Waals surface area contributed by atoms with E-state index in [0.29, 0.717) is 11.6 Å². The molecule has 2 aromatic carbocycles. The number of thiophene rings is 1. The van der Waals surface area contributed by atoms with Crippen LogP contribution < -0.4 is 5.32 Å². The van der Waals surface area contributed by atoms with Crippen molar-refractivity contribution in [3.63, 3.8) is 0 Å². The van der Waals surface area contributed by atoms with E-state index in [0.717, 1.165) is 22.0 Å². The number of carbonyl (C=O) groups excluding carboxylic acids is 1. The lowest BCUT2D eigenvalue weighted by Gasteiger charge is -2.13. The number of halogens is 1. The molecule has 8 heteroatoms. The number of rotatable bonds is 8. The van der Waals surface area contributed by atoms with E-state index < -0.39 is 0 Å². The van der Waals surface area contributed by atoms with E-state index in [1.807, 2.05) is 59.3 Å². The van der Waals surface area contributed by atoms with Crippen LogP contribution in [0.3, 0.4) is 0 Å². The first kappa shape index (κ1) is 21.3. The molecular weight excluding hydrogens is 431 g/mol. The number of thioether (sulfide) groups is 1. The minimum atomic E-state index is -0.308. The van der Waals surface area contributed by atoms with E-state index in [1.54, 1.807) is 23.5 Å². The van der Waals surface area contributed by atoms with Crippen LogP contribution in [0, 0.1) is 5.82 Å². The minimum Gasteiger partial charge on any atom is -0.348 e. The Kier molecular flexibility index (Phi) is 6.79. The molecule has 1 N–H and O–H groups in total. The predicted octanol–water partition coefficient (Wildman–Crippen LogP) is 5.03. The summed E-state index contributed by atoms with van der Waals surface area (Å²) in [5.74, 6) is 0.551. The van der Waals surface area contributed by atoms with Crippen LogP contribution >= 0.6 is 23.1 Å². The van der Waals surface area contributed by atoms with Crippen molar-refractivity contribution >= 4 is 29.0 Å². The number of hydrogen-bond donors (Lipinski definition) is 1. The Bertz CT molecular complexity index is 1130. The molecule has 4 rings (SSSR count). The highest BCUT2D eigenvalue weighted by Crippen LogP contribution is 2.24. The monoisotopic (exact) mass is 452 g/mol. The summed E-state index contributed by atoms with van der Waals surface area (Å²) in [4.78, 5) is 13.6. The summed E-state index contributed by atoms with van der Waals surface area (Å²) < 4.78 is 15.4. The molecule has 0 saturated heterocycles. The highest BCUT2D eigenvalue weighted by Gasteiger charge is 2.17. The fraction of sp³-hybridized carbons (Fsp3) is 0.174. The third-order valence-electron chi connectivity index (χ3n) is 4.67. The van der Waals surface area contributed by atoms with E-state index in [9.17, 15) is 9.18 Å². The number of amides is 1. The molecule has 0 spiro atoms. The van der Waals surface area contributed by atoms with E-state index >= 15 is 0 Å². The van der Waals surface area contributed by atoms with Crippen molar-refractivity contribution in [3.8, 4) is 5.69 Å². The topological polar surface area (TPSA) is 59.8 Å². The van der Waals surface area contributed by atoms with Gasteiger partial charge in [0.25, 0.3) is 0 Å². The van der Waals surface area contributed by atoms with Crippen LogP contribution in [0.15, 0.2) is 77.3 Å². The third-order valence-corrected chi connectivity index (χ3v) is 6.65. The maximum absolute atomic E-state index is 13.5. The quantitative estimate of drug-likeness (QED) is 0.381. The van der Waals surface area contributed by atoms with Gasteiger partial charge in [0.05, 0.1) is 11.8 Å². The van der Waals surface area contributed by atoms with Gasteiger partial charge in [0.15, 0.2) is 5.16 Å². The molecule has 1 amide bonds. The molecule has 2 heterocycles.